The van der Waals surface area contributed by atoms with E-state index in [1.807, 2.05) is 13.8 Å². The summed E-state index contributed by atoms with van der Waals surface area (Å²) in [5, 5.41) is 2.96. The normalized spacial score (nSPS) is 14.9. The van der Waals surface area contributed by atoms with Crippen molar-refractivity contribution in [1.82, 2.24) is 20.2 Å². The first-order valence-corrected chi connectivity index (χ1v) is 9.79. The van der Waals surface area contributed by atoms with Crippen LogP contribution >= 0.6 is 0 Å². The van der Waals surface area contributed by atoms with E-state index in [0.717, 1.165) is 39.3 Å². The van der Waals surface area contributed by atoms with Gasteiger partial charge in [0.1, 0.15) is 18.8 Å². The van der Waals surface area contributed by atoms with Crippen LogP contribution in [0, 0.1) is 5.92 Å². The molecule has 150 valence electrons. The zero-order valence-corrected chi connectivity index (χ0v) is 16.4. The van der Waals surface area contributed by atoms with Crippen LogP contribution in [0.5, 0.6) is 0 Å². The summed E-state index contributed by atoms with van der Waals surface area (Å²) >= 11 is 0. The minimum Gasteiger partial charge on any atom is -0.370 e. The van der Waals surface area contributed by atoms with Gasteiger partial charge in [-0.3, -0.25) is 14.6 Å². The molecule has 0 aliphatic carbocycles. The summed E-state index contributed by atoms with van der Waals surface area (Å²) in [7, 11) is 0. The van der Waals surface area contributed by atoms with Crippen LogP contribution in [0.3, 0.4) is 0 Å². The fourth-order valence-electron chi connectivity index (χ4n) is 3.09. The van der Waals surface area contributed by atoms with E-state index in [9.17, 15) is 9.59 Å². The smallest absolute Gasteiger partial charge is 0.274 e. The van der Waals surface area contributed by atoms with Crippen molar-refractivity contribution in [3.05, 3.63) is 24.3 Å². The van der Waals surface area contributed by atoms with Crippen LogP contribution < -0.4 is 10.2 Å². The number of amides is 2. The van der Waals surface area contributed by atoms with Gasteiger partial charge >= 0.3 is 0 Å². The Balaban J connectivity index is 1.71. The van der Waals surface area contributed by atoms with E-state index >= 15 is 0 Å². The van der Waals surface area contributed by atoms with Crippen molar-refractivity contribution in [1.29, 1.82) is 0 Å². The highest BCUT2D eigenvalue weighted by atomic mass is 16.5. The van der Waals surface area contributed by atoms with E-state index < -0.39 is 0 Å². The summed E-state index contributed by atoms with van der Waals surface area (Å²) in [6.45, 7) is 10.5. The molecular weight excluding hydrogens is 346 g/mol. The zero-order chi connectivity index (χ0) is 19.5. The SMILES string of the molecule is CC(C)CN(CCC(=O)NCCC[NH+]1CCOCC1)C(=O)c1cnccn1. The standard InChI is InChI=1S/C19H31N5O3/c1-16(2)15-24(19(26)17-14-20-6-7-21-17)9-4-18(25)22-5-3-8-23-10-12-27-13-11-23/h6-7,14,16H,3-5,8-13,15H2,1-2H3,(H,22,25)/p+1. The van der Waals surface area contributed by atoms with E-state index in [4.69, 9.17) is 4.74 Å². The van der Waals surface area contributed by atoms with Crippen LogP contribution in [-0.4, -0.2) is 79.2 Å². The third-order valence-corrected chi connectivity index (χ3v) is 4.49. The molecule has 0 unspecified atom stereocenters. The second-order valence-corrected chi connectivity index (χ2v) is 7.30. The molecule has 1 aliphatic rings. The third-order valence-electron chi connectivity index (χ3n) is 4.49. The fourth-order valence-corrected chi connectivity index (χ4v) is 3.09. The summed E-state index contributed by atoms with van der Waals surface area (Å²) in [6.07, 6.45) is 5.75. The summed E-state index contributed by atoms with van der Waals surface area (Å²) < 4.78 is 5.35. The van der Waals surface area contributed by atoms with Crippen LogP contribution in [0.1, 0.15) is 37.2 Å². The number of nitrogens with zero attached hydrogens (tertiary/aromatic N) is 3. The number of carbonyl (C=O) groups excluding carboxylic acids is 2. The van der Waals surface area contributed by atoms with Crippen molar-refractivity contribution in [3.63, 3.8) is 0 Å². The molecule has 0 radical (unpaired) electrons. The molecule has 8 heteroatoms. The largest absolute Gasteiger partial charge is 0.370 e. The van der Waals surface area contributed by atoms with Crippen molar-refractivity contribution in [2.75, 3.05) is 52.5 Å². The van der Waals surface area contributed by atoms with Gasteiger partial charge in [0, 0.05) is 44.9 Å². The Morgan fingerprint density at radius 3 is 2.74 bits per heavy atom. The van der Waals surface area contributed by atoms with Crippen molar-refractivity contribution in [2.45, 2.75) is 26.7 Å². The number of rotatable bonds is 10. The number of nitrogens with one attached hydrogen (secondary N) is 2. The number of quaternary nitrogens is 1. The van der Waals surface area contributed by atoms with Gasteiger partial charge in [0.15, 0.2) is 0 Å². The molecule has 1 saturated heterocycles. The number of hydrogen-bond acceptors (Lipinski definition) is 5. The highest BCUT2D eigenvalue weighted by molar-refractivity contribution is 5.92. The monoisotopic (exact) mass is 378 g/mol. The van der Waals surface area contributed by atoms with Crippen LogP contribution in [0.25, 0.3) is 0 Å². The average molecular weight is 378 g/mol. The topological polar surface area (TPSA) is 88.9 Å². The summed E-state index contributed by atoms with van der Waals surface area (Å²) in [4.78, 5) is 36.0. The van der Waals surface area contributed by atoms with Crippen molar-refractivity contribution < 1.29 is 19.2 Å². The van der Waals surface area contributed by atoms with E-state index in [2.05, 4.69) is 15.3 Å². The molecule has 1 aromatic rings. The van der Waals surface area contributed by atoms with Gasteiger partial charge in [0.25, 0.3) is 5.91 Å². The van der Waals surface area contributed by atoms with Gasteiger partial charge in [-0.1, -0.05) is 13.8 Å². The van der Waals surface area contributed by atoms with Crippen LogP contribution in [0.2, 0.25) is 0 Å². The Kier molecular flexibility index (Phi) is 9.13. The van der Waals surface area contributed by atoms with Gasteiger partial charge in [-0.05, 0) is 5.92 Å². The lowest BCUT2D eigenvalue weighted by Gasteiger charge is -2.24. The number of carbonyl (C=O) groups is 2. The van der Waals surface area contributed by atoms with Gasteiger partial charge in [-0.25, -0.2) is 4.98 Å². The predicted octanol–water partition coefficient (Wildman–Crippen LogP) is -0.614. The molecule has 2 rings (SSSR count). The first-order valence-electron chi connectivity index (χ1n) is 9.79. The summed E-state index contributed by atoms with van der Waals surface area (Å²) in [5.74, 6) is 0.110. The Hall–Kier alpha value is -2.06. The van der Waals surface area contributed by atoms with Crippen molar-refractivity contribution in [2.24, 2.45) is 5.92 Å². The molecule has 1 fully saturated rings. The van der Waals surface area contributed by atoms with Crippen LogP contribution in [0.15, 0.2) is 18.6 Å². The zero-order valence-electron chi connectivity index (χ0n) is 16.4. The maximum atomic E-state index is 12.6. The van der Waals surface area contributed by atoms with Gasteiger partial charge in [0.05, 0.1) is 26.0 Å². The maximum absolute atomic E-state index is 12.6. The molecule has 0 saturated carbocycles. The summed E-state index contributed by atoms with van der Waals surface area (Å²) in [5.41, 5.74) is 0.312. The number of morpholine rings is 1. The number of ether oxygens (including phenoxy) is 1. The molecule has 2 amide bonds. The number of aromatic nitrogens is 2. The Labute approximate surface area is 161 Å². The first-order chi connectivity index (χ1) is 13.1. The summed E-state index contributed by atoms with van der Waals surface area (Å²) in [6, 6.07) is 0. The molecule has 8 nitrogen and oxygen atoms in total. The predicted molar refractivity (Wildman–Crippen MR) is 101 cm³/mol. The average Bonchev–Trinajstić information content (AvgIpc) is 2.69. The van der Waals surface area contributed by atoms with Crippen molar-refractivity contribution >= 4 is 11.8 Å². The molecule has 2 heterocycles. The molecule has 0 atom stereocenters. The van der Waals surface area contributed by atoms with Crippen molar-refractivity contribution in [3.8, 4) is 0 Å². The van der Waals surface area contributed by atoms with E-state index in [1.54, 1.807) is 4.90 Å². The van der Waals surface area contributed by atoms with Crippen LogP contribution in [-0.2, 0) is 9.53 Å². The lowest BCUT2D eigenvalue weighted by Crippen LogP contribution is -3.14. The molecule has 1 aliphatic heterocycles. The second kappa shape index (κ2) is 11.6. The van der Waals surface area contributed by atoms with Gasteiger partial charge < -0.3 is 19.9 Å². The van der Waals surface area contributed by atoms with Crippen LogP contribution in [0.4, 0.5) is 0 Å². The Morgan fingerprint density at radius 1 is 1.30 bits per heavy atom. The quantitative estimate of drug-likeness (QED) is 0.530. The highest BCUT2D eigenvalue weighted by Gasteiger charge is 2.19. The van der Waals surface area contributed by atoms with E-state index in [-0.39, 0.29) is 11.8 Å². The molecule has 0 bridgehead atoms. The van der Waals surface area contributed by atoms with E-state index in [1.165, 1.54) is 23.5 Å². The fraction of sp³-hybridized carbons (Fsp3) is 0.684. The molecule has 0 aromatic carbocycles. The van der Waals surface area contributed by atoms with Gasteiger partial charge in [-0.2, -0.15) is 0 Å². The highest BCUT2D eigenvalue weighted by Crippen LogP contribution is 2.06. The lowest BCUT2D eigenvalue weighted by atomic mass is 10.2. The minimum atomic E-state index is -0.180. The molecule has 1 aromatic heterocycles. The Bertz CT molecular complexity index is 576. The van der Waals surface area contributed by atoms with Gasteiger partial charge in [-0.15, -0.1) is 0 Å². The minimum absolute atomic E-state index is 0.0207. The van der Waals surface area contributed by atoms with E-state index in [0.29, 0.717) is 37.7 Å². The Morgan fingerprint density at radius 2 is 2.07 bits per heavy atom. The third kappa shape index (κ3) is 8.01. The first kappa shape index (κ1) is 21.2. The second-order valence-electron chi connectivity index (χ2n) is 7.30. The molecule has 0 spiro atoms. The maximum Gasteiger partial charge on any atom is 0.274 e. The molecular formula is C19H32N5O3+. The lowest BCUT2D eigenvalue weighted by molar-refractivity contribution is -0.908. The molecule has 27 heavy (non-hydrogen) atoms. The number of hydrogen-bond donors (Lipinski definition) is 2. The molecule has 2 N–H and O–H groups in total. The van der Waals surface area contributed by atoms with Gasteiger partial charge in [0.2, 0.25) is 5.91 Å².